The van der Waals surface area contributed by atoms with Gasteiger partial charge in [0.25, 0.3) is 5.56 Å². The summed E-state index contributed by atoms with van der Waals surface area (Å²) in [4.78, 5) is 35.1. The summed E-state index contributed by atoms with van der Waals surface area (Å²) in [6.45, 7) is 11.4. The maximum Gasteiger partial charge on any atom is 0.266 e. The number of carbonyl (C=O) groups is 1. The highest BCUT2D eigenvalue weighted by Crippen LogP contribution is 2.24. The number of aromatic nitrogens is 2. The molecule has 2 heterocycles. The van der Waals surface area contributed by atoms with Gasteiger partial charge in [-0.25, -0.2) is 4.98 Å². The number of hydrogen-bond acceptors (Lipinski definition) is 6. The molecule has 8 heteroatoms. The van der Waals surface area contributed by atoms with Crippen molar-refractivity contribution in [2.75, 3.05) is 39.4 Å². The number of hydrogen-bond donors (Lipinski definition) is 0. The Labute approximate surface area is 206 Å². The van der Waals surface area contributed by atoms with Gasteiger partial charge >= 0.3 is 0 Å². The van der Waals surface area contributed by atoms with E-state index in [-0.39, 0.29) is 23.7 Å². The summed E-state index contributed by atoms with van der Waals surface area (Å²) in [7, 11) is 0. The van der Waals surface area contributed by atoms with Gasteiger partial charge in [-0.15, -0.1) is 0 Å². The van der Waals surface area contributed by atoms with Crippen LogP contribution < -0.4 is 10.3 Å². The lowest BCUT2D eigenvalue weighted by Crippen LogP contribution is -2.50. The van der Waals surface area contributed by atoms with Crippen LogP contribution in [0.15, 0.2) is 53.3 Å². The normalized spacial score (nSPS) is 14.9. The Morgan fingerprint density at radius 3 is 2.40 bits per heavy atom. The third-order valence-electron chi connectivity index (χ3n) is 5.97. The van der Waals surface area contributed by atoms with Crippen molar-refractivity contribution in [1.29, 1.82) is 0 Å². The van der Waals surface area contributed by atoms with Crippen molar-refractivity contribution in [1.82, 2.24) is 19.4 Å². The molecule has 1 fully saturated rings. The number of carbonyl (C=O) groups excluding carboxylic acids is 1. The van der Waals surface area contributed by atoms with Gasteiger partial charge in [0.2, 0.25) is 5.91 Å². The average molecular weight is 479 g/mol. The fourth-order valence-corrected chi connectivity index (χ4v) is 4.18. The van der Waals surface area contributed by atoms with Gasteiger partial charge in [-0.05, 0) is 52.0 Å². The van der Waals surface area contributed by atoms with Gasteiger partial charge in [-0.2, -0.15) is 0 Å². The minimum absolute atomic E-state index is 0.00551. The average Bonchev–Trinajstić information content (AvgIpc) is 2.84. The van der Waals surface area contributed by atoms with Crippen LogP contribution >= 0.6 is 0 Å². The zero-order valence-electron chi connectivity index (χ0n) is 21.0. The summed E-state index contributed by atoms with van der Waals surface area (Å²) in [6.07, 6.45) is 0. The molecule has 0 unspecified atom stereocenters. The van der Waals surface area contributed by atoms with Crippen molar-refractivity contribution in [2.45, 2.75) is 39.8 Å². The monoisotopic (exact) mass is 478 g/mol. The zero-order valence-corrected chi connectivity index (χ0v) is 21.0. The summed E-state index contributed by atoms with van der Waals surface area (Å²) in [5.74, 6) is 1.30. The molecule has 1 saturated heterocycles. The molecular formula is C27H34N4O4. The van der Waals surface area contributed by atoms with Crippen LogP contribution in [0.1, 0.15) is 33.5 Å². The molecule has 2 aromatic carbocycles. The topological polar surface area (TPSA) is 76.9 Å². The molecule has 0 saturated carbocycles. The number of piperazine rings is 1. The molecule has 0 N–H and O–H groups in total. The van der Waals surface area contributed by atoms with Crippen molar-refractivity contribution in [2.24, 2.45) is 0 Å². The molecule has 1 aliphatic heterocycles. The predicted octanol–water partition coefficient (Wildman–Crippen LogP) is 3.24. The lowest BCUT2D eigenvalue weighted by molar-refractivity contribution is -0.142. The van der Waals surface area contributed by atoms with E-state index < -0.39 is 0 Å². The number of fused-ring (bicyclic) bond motifs is 1. The summed E-state index contributed by atoms with van der Waals surface area (Å²) >= 11 is 0. The minimum atomic E-state index is -0.347. The number of rotatable bonds is 7. The van der Waals surface area contributed by atoms with E-state index in [1.165, 1.54) is 0 Å². The molecule has 3 aromatic rings. The number of ether oxygens (including phenoxy) is 2. The molecule has 0 aliphatic carbocycles. The second-order valence-electron chi connectivity index (χ2n) is 9.64. The smallest absolute Gasteiger partial charge is 0.266 e. The Bertz CT molecular complexity index is 1240. The first-order valence-corrected chi connectivity index (χ1v) is 12.1. The van der Waals surface area contributed by atoms with Gasteiger partial charge in [0.1, 0.15) is 18.2 Å². The van der Waals surface area contributed by atoms with Gasteiger partial charge in [0.05, 0.1) is 35.3 Å². The SMILES string of the molecule is CCOc1ccccc1-n1c(CN2CCN(C(=O)COC(C)(C)C)CC2)nc2ccccc2c1=O. The van der Waals surface area contributed by atoms with Crippen molar-refractivity contribution in [3.63, 3.8) is 0 Å². The fourth-order valence-electron chi connectivity index (χ4n) is 4.18. The Balaban J connectivity index is 1.59. The summed E-state index contributed by atoms with van der Waals surface area (Å²) < 4.78 is 13.2. The lowest BCUT2D eigenvalue weighted by Gasteiger charge is -2.35. The van der Waals surface area contributed by atoms with Crippen molar-refractivity contribution < 1.29 is 14.3 Å². The van der Waals surface area contributed by atoms with Crippen molar-refractivity contribution in [3.8, 4) is 11.4 Å². The number of para-hydroxylation sites is 3. The Morgan fingerprint density at radius 2 is 1.69 bits per heavy atom. The standard InChI is InChI=1S/C27H34N4O4/c1-5-34-23-13-9-8-12-22(23)31-24(28-21-11-7-6-10-20(21)26(31)33)18-29-14-16-30(17-15-29)25(32)19-35-27(2,3)4/h6-13H,5,14-19H2,1-4H3. The Morgan fingerprint density at radius 1 is 1.00 bits per heavy atom. The molecule has 0 atom stereocenters. The van der Waals surface area contributed by atoms with Gasteiger partial charge in [0.15, 0.2) is 0 Å². The van der Waals surface area contributed by atoms with Crippen LogP contribution in [0, 0.1) is 0 Å². The van der Waals surface area contributed by atoms with E-state index in [9.17, 15) is 9.59 Å². The van der Waals surface area contributed by atoms with Crippen LogP contribution in [0.25, 0.3) is 16.6 Å². The van der Waals surface area contributed by atoms with Gasteiger partial charge in [0, 0.05) is 26.2 Å². The van der Waals surface area contributed by atoms with E-state index in [0.717, 1.165) is 0 Å². The highest BCUT2D eigenvalue weighted by Gasteiger charge is 2.25. The maximum atomic E-state index is 13.6. The number of amides is 1. The Kier molecular flexibility index (Phi) is 7.52. The summed E-state index contributed by atoms with van der Waals surface area (Å²) in [5, 5.41) is 0.566. The molecular weight excluding hydrogens is 444 g/mol. The van der Waals surface area contributed by atoms with Crippen LogP contribution in [0.3, 0.4) is 0 Å². The highest BCUT2D eigenvalue weighted by atomic mass is 16.5. The molecule has 1 amide bonds. The number of benzene rings is 2. The molecule has 4 rings (SSSR count). The summed E-state index contributed by atoms with van der Waals surface area (Å²) in [6, 6.07) is 15.0. The van der Waals surface area contributed by atoms with E-state index in [4.69, 9.17) is 14.5 Å². The first kappa shape index (κ1) is 24.9. The van der Waals surface area contributed by atoms with Crippen molar-refractivity contribution in [3.05, 3.63) is 64.7 Å². The maximum absolute atomic E-state index is 13.6. The van der Waals surface area contributed by atoms with E-state index in [1.54, 1.807) is 10.6 Å². The molecule has 0 radical (unpaired) electrons. The highest BCUT2D eigenvalue weighted by molar-refractivity contribution is 5.78. The van der Waals surface area contributed by atoms with E-state index >= 15 is 0 Å². The molecule has 186 valence electrons. The molecule has 1 aromatic heterocycles. The Hall–Kier alpha value is -3.23. The third kappa shape index (κ3) is 5.89. The second-order valence-corrected chi connectivity index (χ2v) is 9.64. The molecule has 0 bridgehead atoms. The van der Waals surface area contributed by atoms with E-state index in [0.29, 0.717) is 67.5 Å². The lowest BCUT2D eigenvalue weighted by atomic mass is 10.2. The zero-order chi connectivity index (χ0) is 25.0. The largest absolute Gasteiger partial charge is 0.492 e. The minimum Gasteiger partial charge on any atom is -0.492 e. The number of nitrogens with zero attached hydrogens (tertiary/aromatic N) is 4. The first-order chi connectivity index (χ1) is 16.8. The first-order valence-electron chi connectivity index (χ1n) is 12.1. The van der Waals surface area contributed by atoms with E-state index in [2.05, 4.69) is 4.90 Å². The van der Waals surface area contributed by atoms with Crippen LogP contribution in [-0.2, 0) is 16.1 Å². The van der Waals surface area contributed by atoms with Crippen molar-refractivity contribution >= 4 is 16.8 Å². The van der Waals surface area contributed by atoms with Crippen LogP contribution in [0.2, 0.25) is 0 Å². The quantitative estimate of drug-likeness (QED) is 0.519. The second kappa shape index (κ2) is 10.6. The van der Waals surface area contributed by atoms with Crippen LogP contribution in [0.5, 0.6) is 5.75 Å². The summed E-state index contributed by atoms with van der Waals surface area (Å²) in [5.41, 5.74) is 0.887. The molecule has 1 aliphatic rings. The molecule has 35 heavy (non-hydrogen) atoms. The fraction of sp³-hybridized carbons (Fsp3) is 0.444. The predicted molar refractivity (Wildman–Crippen MR) is 136 cm³/mol. The van der Waals surface area contributed by atoms with E-state index in [1.807, 2.05) is 75.1 Å². The van der Waals surface area contributed by atoms with Gasteiger partial charge in [-0.1, -0.05) is 24.3 Å². The third-order valence-corrected chi connectivity index (χ3v) is 5.97. The van der Waals surface area contributed by atoms with Crippen LogP contribution in [0.4, 0.5) is 0 Å². The van der Waals surface area contributed by atoms with Crippen LogP contribution in [-0.4, -0.2) is 70.3 Å². The molecule has 0 spiro atoms. The molecule has 8 nitrogen and oxygen atoms in total. The van der Waals surface area contributed by atoms with Gasteiger partial charge in [-0.3, -0.25) is 19.1 Å². The van der Waals surface area contributed by atoms with Gasteiger partial charge < -0.3 is 14.4 Å².